The minimum absolute atomic E-state index is 0.113. The summed E-state index contributed by atoms with van der Waals surface area (Å²) in [5.74, 6) is -0.305. The number of hydrogen-bond acceptors (Lipinski definition) is 2. The van der Waals surface area contributed by atoms with Crippen LogP contribution < -0.4 is 0 Å². The number of carboxylic acids is 1. The lowest BCUT2D eigenvalue weighted by atomic mass is 9.65. The molecule has 1 saturated heterocycles. The van der Waals surface area contributed by atoms with E-state index >= 15 is 0 Å². The number of ether oxygens (including phenoxy) is 1. The van der Waals surface area contributed by atoms with Crippen molar-refractivity contribution in [2.45, 2.75) is 51.6 Å². The van der Waals surface area contributed by atoms with Crippen LogP contribution in [0.1, 0.15) is 45.4 Å². The summed E-state index contributed by atoms with van der Waals surface area (Å²) in [4.78, 5) is 11.6. The number of aliphatic carboxylic acids is 1. The van der Waals surface area contributed by atoms with Crippen LogP contribution >= 0.6 is 0 Å². The first kappa shape index (κ1) is 10.9. The number of hydrogen-bond donors (Lipinski definition) is 1. The Morgan fingerprint density at radius 2 is 2.00 bits per heavy atom. The highest BCUT2D eigenvalue weighted by molar-refractivity contribution is 5.76. The Kier molecular flexibility index (Phi) is 3.01. The molecule has 0 bridgehead atoms. The van der Waals surface area contributed by atoms with Gasteiger partial charge in [0.2, 0.25) is 0 Å². The summed E-state index contributed by atoms with van der Waals surface area (Å²) < 4.78 is 5.50. The quantitative estimate of drug-likeness (QED) is 0.764. The number of carboxylic acid groups (broad SMARTS) is 1. The van der Waals surface area contributed by atoms with Crippen LogP contribution in [-0.2, 0) is 9.53 Å². The molecule has 0 aromatic carbocycles. The fraction of sp³-hybridized carbons (Fsp3) is 0.917. The lowest BCUT2D eigenvalue weighted by molar-refractivity contribution is -0.157. The van der Waals surface area contributed by atoms with Gasteiger partial charge in [-0.15, -0.1) is 0 Å². The van der Waals surface area contributed by atoms with Crippen molar-refractivity contribution >= 4 is 5.97 Å². The third-order valence-corrected chi connectivity index (χ3v) is 4.34. The summed E-state index contributed by atoms with van der Waals surface area (Å²) >= 11 is 0. The largest absolute Gasteiger partial charge is 0.481 e. The van der Waals surface area contributed by atoms with E-state index in [1.165, 1.54) is 19.3 Å². The van der Waals surface area contributed by atoms with Crippen molar-refractivity contribution in [2.24, 2.45) is 11.3 Å². The first-order chi connectivity index (χ1) is 7.18. The first-order valence-corrected chi connectivity index (χ1v) is 6.03. The van der Waals surface area contributed by atoms with Gasteiger partial charge in [-0.3, -0.25) is 4.79 Å². The third kappa shape index (κ3) is 1.67. The zero-order valence-electron chi connectivity index (χ0n) is 9.37. The van der Waals surface area contributed by atoms with E-state index in [1.807, 2.05) is 6.92 Å². The first-order valence-electron chi connectivity index (χ1n) is 6.03. The predicted molar refractivity (Wildman–Crippen MR) is 56.7 cm³/mol. The highest BCUT2D eigenvalue weighted by Gasteiger charge is 2.53. The van der Waals surface area contributed by atoms with Crippen molar-refractivity contribution in [1.82, 2.24) is 0 Å². The van der Waals surface area contributed by atoms with Crippen molar-refractivity contribution in [2.75, 3.05) is 6.61 Å². The van der Waals surface area contributed by atoms with Gasteiger partial charge in [-0.1, -0.05) is 19.3 Å². The molecule has 1 aliphatic heterocycles. The van der Waals surface area contributed by atoms with E-state index in [0.29, 0.717) is 18.9 Å². The normalized spacial score (nSPS) is 38.1. The molecule has 0 aromatic heterocycles. The molecular weight excluding hydrogens is 192 g/mol. The van der Waals surface area contributed by atoms with Crippen LogP contribution in [0.5, 0.6) is 0 Å². The smallest absolute Gasteiger partial charge is 0.312 e. The topological polar surface area (TPSA) is 46.5 Å². The molecule has 1 heterocycles. The highest BCUT2D eigenvalue weighted by Crippen LogP contribution is 2.48. The van der Waals surface area contributed by atoms with Crippen LogP contribution in [0.15, 0.2) is 0 Å². The maximum atomic E-state index is 11.6. The van der Waals surface area contributed by atoms with Gasteiger partial charge in [0.05, 0.1) is 11.5 Å². The fourth-order valence-electron chi connectivity index (χ4n) is 3.37. The zero-order valence-corrected chi connectivity index (χ0v) is 9.37. The van der Waals surface area contributed by atoms with Gasteiger partial charge in [0, 0.05) is 6.61 Å². The molecule has 3 nitrogen and oxygen atoms in total. The fourth-order valence-corrected chi connectivity index (χ4v) is 3.37. The second kappa shape index (κ2) is 4.12. The van der Waals surface area contributed by atoms with Gasteiger partial charge in [0.15, 0.2) is 0 Å². The van der Waals surface area contributed by atoms with E-state index in [4.69, 9.17) is 4.74 Å². The maximum Gasteiger partial charge on any atom is 0.312 e. The van der Waals surface area contributed by atoms with Crippen molar-refractivity contribution in [3.8, 4) is 0 Å². The molecule has 1 aliphatic carbocycles. The number of carbonyl (C=O) groups is 1. The van der Waals surface area contributed by atoms with E-state index in [1.54, 1.807) is 0 Å². The van der Waals surface area contributed by atoms with E-state index in [0.717, 1.165) is 12.8 Å². The minimum Gasteiger partial charge on any atom is -0.481 e. The van der Waals surface area contributed by atoms with Gasteiger partial charge in [0.25, 0.3) is 0 Å². The Bertz CT molecular complexity index is 245. The van der Waals surface area contributed by atoms with Gasteiger partial charge < -0.3 is 9.84 Å². The van der Waals surface area contributed by atoms with Crippen molar-refractivity contribution in [3.05, 3.63) is 0 Å². The summed E-state index contributed by atoms with van der Waals surface area (Å²) in [6.45, 7) is 2.54. The van der Waals surface area contributed by atoms with Gasteiger partial charge in [-0.25, -0.2) is 0 Å². The van der Waals surface area contributed by atoms with Crippen molar-refractivity contribution in [3.63, 3.8) is 0 Å². The van der Waals surface area contributed by atoms with Crippen LogP contribution in [0.25, 0.3) is 0 Å². The molecule has 0 aromatic rings. The average molecular weight is 212 g/mol. The number of rotatable bonds is 2. The molecule has 2 fully saturated rings. The van der Waals surface area contributed by atoms with Crippen molar-refractivity contribution in [1.29, 1.82) is 0 Å². The van der Waals surface area contributed by atoms with Crippen molar-refractivity contribution < 1.29 is 14.6 Å². The summed E-state index contributed by atoms with van der Waals surface area (Å²) in [6, 6.07) is 0. The summed E-state index contributed by atoms with van der Waals surface area (Å²) in [6.07, 6.45) is 6.37. The molecular formula is C12H20O3. The zero-order chi connectivity index (χ0) is 10.9. The Morgan fingerprint density at radius 1 is 1.33 bits per heavy atom. The highest BCUT2D eigenvalue weighted by atomic mass is 16.5. The lowest BCUT2D eigenvalue weighted by Gasteiger charge is -2.38. The van der Waals surface area contributed by atoms with Crippen LogP contribution in [0.3, 0.4) is 0 Å². The lowest BCUT2D eigenvalue weighted by Crippen LogP contribution is -2.44. The van der Waals surface area contributed by atoms with Gasteiger partial charge in [-0.2, -0.15) is 0 Å². The predicted octanol–water partition coefficient (Wildman–Crippen LogP) is 2.45. The molecule has 86 valence electrons. The van der Waals surface area contributed by atoms with Gasteiger partial charge in [0.1, 0.15) is 0 Å². The van der Waals surface area contributed by atoms with E-state index in [2.05, 4.69) is 0 Å². The molecule has 0 amide bonds. The van der Waals surface area contributed by atoms with Crippen LogP contribution in [0, 0.1) is 11.3 Å². The molecule has 2 atom stereocenters. The van der Waals surface area contributed by atoms with Crippen LogP contribution in [0.4, 0.5) is 0 Å². The maximum absolute atomic E-state index is 11.6. The average Bonchev–Trinajstić information content (AvgIpc) is 2.62. The third-order valence-electron chi connectivity index (χ3n) is 4.34. The second-order valence-corrected chi connectivity index (χ2v) is 4.94. The molecule has 1 saturated carbocycles. The molecule has 3 heteroatoms. The molecule has 15 heavy (non-hydrogen) atoms. The molecule has 2 rings (SSSR count). The summed E-state index contributed by atoms with van der Waals surface area (Å²) in [5, 5.41) is 9.51. The Balaban J connectivity index is 2.21. The van der Waals surface area contributed by atoms with E-state index in [9.17, 15) is 9.90 Å². The second-order valence-electron chi connectivity index (χ2n) is 4.94. The Labute approximate surface area is 90.8 Å². The molecule has 0 spiro atoms. The van der Waals surface area contributed by atoms with Gasteiger partial charge >= 0.3 is 5.97 Å². The van der Waals surface area contributed by atoms with Gasteiger partial charge in [-0.05, 0) is 32.1 Å². The summed E-state index contributed by atoms with van der Waals surface area (Å²) in [7, 11) is 0. The minimum atomic E-state index is -0.639. The molecule has 0 radical (unpaired) electrons. The van der Waals surface area contributed by atoms with E-state index < -0.39 is 11.4 Å². The van der Waals surface area contributed by atoms with Crippen LogP contribution in [-0.4, -0.2) is 23.8 Å². The SMILES string of the molecule is CC1OCCC1(C(=O)O)C1CCCCC1. The molecule has 2 aliphatic rings. The molecule has 1 N–H and O–H groups in total. The standard InChI is InChI=1S/C12H20O3/c1-9-12(11(13)14,7-8-15-9)10-5-3-2-4-6-10/h9-10H,2-8H2,1H3,(H,13,14). The Hall–Kier alpha value is -0.570. The summed E-state index contributed by atoms with van der Waals surface area (Å²) in [5.41, 5.74) is -0.583. The van der Waals surface area contributed by atoms with Crippen LogP contribution in [0.2, 0.25) is 0 Å². The van der Waals surface area contributed by atoms with E-state index in [-0.39, 0.29) is 6.10 Å². The Morgan fingerprint density at radius 3 is 2.47 bits per heavy atom. The molecule has 2 unspecified atom stereocenters. The monoisotopic (exact) mass is 212 g/mol.